The molecule has 1 aromatic heterocycles. The molecule has 1 amide bonds. The smallest absolute Gasteiger partial charge is 0.326 e. The zero-order valence-corrected chi connectivity index (χ0v) is 16.6. The van der Waals surface area contributed by atoms with E-state index in [2.05, 4.69) is 23.1 Å². The topological polar surface area (TPSA) is 73.7 Å². The number of carbonyl (C=O) groups excluding carboxylic acids is 1. The number of benzene rings is 1. The number of carbonyl (C=O) groups is 2. The summed E-state index contributed by atoms with van der Waals surface area (Å²) in [4.78, 5) is 33.3. The first-order valence-electron chi connectivity index (χ1n) is 10.6. The normalized spacial score (nSPS) is 24.3. The molecule has 1 spiro atoms. The van der Waals surface area contributed by atoms with Crippen LogP contribution in [0.15, 0.2) is 36.4 Å². The molecule has 29 heavy (non-hydrogen) atoms. The van der Waals surface area contributed by atoms with Gasteiger partial charge in [0.25, 0.3) is 0 Å². The number of aromatic nitrogens is 1. The Hall–Kier alpha value is -2.47. The van der Waals surface area contributed by atoms with Crippen LogP contribution in [0.3, 0.4) is 0 Å². The predicted molar refractivity (Wildman–Crippen MR) is 109 cm³/mol. The Morgan fingerprint density at radius 2 is 1.86 bits per heavy atom. The van der Waals surface area contributed by atoms with Crippen molar-refractivity contribution in [3.05, 3.63) is 42.1 Å². The Morgan fingerprint density at radius 1 is 1.10 bits per heavy atom. The Balaban J connectivity index is 1.24. The van der Waals surface area contributed by atoms with Crippen molar-refractivity contribution < 1.29 is 14.7 Å². The lowest BCUT2D eigenvalue weighted by Crippen LogP contribution is -2.43. The number of piperidine rings is 1. The molecular formula is C23H27N3O3. The molecule has 0 radical (unpaired) electrons. The highest BCUT2D eigenvalue weighted by Crippen LogP contribution is 2.45. The van der Waals surface area contributed by atoms with E-state index in [1.807, 2.05) is 18.2 Å². The molecule has 5 rings (SSSR count). The standard InChI is InChI=1S/C23H27N3O3/c27-21(17-5-6-17)26-15-23(13-20(26)22(28)29)9-11-25(12-10-23)14-18-8-7-16-3-1-2-4-19(16)24-18/h1-4,7-8,17,20H,5-6,9-15H2,(H,28,29). The number of rotatable bonds is 4. The second-order valence-corrected chi connectivity index (χ2v) is 9.07. The van der Waals surface area contributed by atoms with Crippen LogP contribution in [-0.2, 0) is 16.1 Å². The average molecular weight is 393 g/mol. The van der Waals surface area contributed by atoms with Gasteiger partial charge in [0.2, 0.25) is 5.91 Å². The minimum Gasteiger partial charge on any atom is -0.480 e. The summed E-state index contributed by atoms with van der Waals surface area (Å²) in [5.74, 6) is -0.707. The molecule has 3 heterocycles. The molecule has 152 valence electrons. The third-order valence-corrected chi connectivity index (χ3v) is 6.96. The number of amides is 1. The molecule has 1 aliphatic carbocycles. The number of pyridine rings is 1. The minimum atomic E-state index is -0.848. The first kappa shape index (κ1) is 18.6. The van der Waals surface area contributed by atoms with E-state index in [-0.39, 0.29) is 17.2 Å². The highest BCUT2D eigenvalue weighted by molar-refractivity contribution is 5.87. The Bertz CT molecular complexity index is 947. The Morgan fingerprint density at radius 3 is 2.59 bits per heavy atom. The van der Waals surface area contributed by atoms with Crippen LogP contribution in [-0.4, -0.2) is 57.4 Å². The van der Waals surface area contributed by atoms with Crippen molar-refractivity contribution in [3.63, 3.8) is 0 Å². The van der Waals surface area contributed by atoms with E-state index >= 15 is 0 Å². The fourth-order valence-corrected chi connectivity index (χ4v) is 5.05. The molecule has 0 bridgehead atoms. The number of carboxylic acids is 1. The van der Waals surface area contributed by atoms with Gasteiger partial charge in [-0.05, 0) is 62.7 Å². The lowest BCUT2D eigenvalue weighted by molar-refractivity contribution is -0.148. The summed E-state index contributed by atoms with van der Waals surface area (Å²) in [6.45, 7) is 3.27. The average Bonchev–Trinajstić information content (AvgIpc) is 3.51. The molecular weight excluding hydrogens is 366 g/mol. The second-order valence-electron chi connectivity index (χ2n) is 9.07. The minimum absolute atomic E-state index is 0.0408. The van der Waals surface area contributed by atoms with E-state index < -0.39 is 12.0 Å². The quantitative estimate of drug-likeness (QED) is 0.865. The van der Waals surface area contributed by atoms with Crippen molar-refractivity contribution in [2.24, 2.45) is 11.3 Å². The number of para-hydroxylation sites is 1. The van der Waals surface area contributed by atoms with E-state index in [0.29, 0.717) is 13.0 Å². The van der Waals surface area contributed by atoms with Gasteiger partial charge in [-0.3, -0.25) is 14.7 Å². The van der Waals surface area contributed by atoms with Crippen molar-refractivity contribution in [1.82, 2.24) is 14.8 Å². The molecule has 2 aliphatic heterocycles. The van der Waals surface area contributed by atoms with Crippen LogP contribution in [0.2, 0.25) is 0 Å². The molecule has 1 atom stereocenters. The van der Waals surface area contributed by atoms with E-state index in [4.69, 9.17) is 4.98 Å². The highest BCUT2D eigenvalue weighted by Gasteiger charge is 2.51. The number of fused-ring (bicyclic) bond motifs is 1. The van der Waals surface area contributed by atoms with Gasteiger partial charge in [0.05, 0.1) is 11.2 Å². The Labute approximate surface area is 170 Å². The van der Waals surface area contributed by atoms with Gasteiger partial charge in [0.1, 0.15) is 6.04 Å². The summed E-state index contributed by atoms with van der Waals surface area (Å²) in [6, 6.07) is 11.7. The summed E-state index contributed by atoms with van der Waals surface area (Å²) >= 11 is 0. The van der Waals surface area contributed by atoms with Gasteiger partial charge < -0.3 is 10.0 Å². The van der Waals surface area contributed by atoms with Crippen LogP contribution in [0.1, 0.15) is 37.8 Å². The Kier molecular flexibility index (Phi) is 4.54. The maximum absolute atomic E-state index is 12.6. The van der Waals surface area contributed by atoms with E-state index in [1.165, 1.54) is 0 Å². The zero-order valence-electron chi connectivity index (χ0n) is 16.6. The highest BCUT2D eigenvalue weighted by atomic mass is 16.4. The maximum atomic E-state index is 12.6. The molecule has 1 unspecified atom stereocenters. The third kappa shape index (κ3) is 3.62. The first-order valence-corrected chi connectivity index (χ1v) is 10.6. The van der Waals surface area contributed by atoms with E-state index in [1.54, 1.807) is 4.90 Å². The molecule has 6 nitrogen and oxygen atoms in total. The lowest BCUT2D eigenvalue weighted by atomic mass is 9.76. The zero-order chi connectivity index (χ0) is 20.0. The van der Waals surface area contributed by atoms with Gasteiger partial charge in [-0.2, -0.15) is 0 Å². The molecule has 6 heteroatoms. The van der Waals surface area contributed by atoms with Gasteiger partial charge in [-0.15, -0.1) is 0 Å². The van der Waals surface area contributed by atoms with Gasteiger partial charge in [0.15, 0.2) is 0 Å². The number of nitrogens with zero attached hydrogens (tertiary/aromatic N) is 3. The monoisotopic (exact) mass is 393 g/mol. The SMILES string of the molecule is O=C(O)C1CC2(CCN(Cc3ccc4ccccc4n3)CC2)CN1C(=O)C1CC1. The predicted octanol–water partition coefficient (Wildman–Crippen LogP) is 2.91. The maximum Gasteiger partial charge on any atom is 0.326 e. The van der Waals surface area contributed by atoms with Gasteiger partial charge in [-0.1, -0.05) is 24.3 Å². The van der Waals surface area contributed by atoms with E-state index in [0.717, 1.165) is 61.9 Å². The van der Waals surface area contributed by atoms with Crippen LogP contribution in [0.25, 0.3) is 10.9 Å². The summed E-state index contributed by atoms with van der Waals surface area (Å²) in [5, 5.41) is 10.8. The van der Waals surface area contributed by atoms with Crippen LogP contribution >= 0.6 is 0 Å². The molecule has 1 aromatic carbocycles. The van der Waals surface area contributed by atoms with Crippen molar-refractivity contribution in [2.75, 3.05) is 19.6 Å². The van der Waals surface area contributed by atoms with Crippen molar-refractivity contribution in [1.29, 1.82) is 0 Å². The van der Waals surface area contributed by atoms with Crippen LogP contribution in [0.4, 0.5) is 0 Å². The lowest BCUT2D eigenvalue weighted by Gasteiger charge is -2.39. The second kappa shape index (κ2) is 7.10. The molecule has 2 saturated heterocycles. The summed E-state index contributed by atoms with van der Waals surface area (Å²) in [7, 11) is 0. The largest absolute Gasteiger partial charge is 0.480 e. The van der Waals surface area contributed by atoms with Gasteiger partial charge in [0, 0.05) is 24.4 Å². The first-order chi connectivity index (χ1) is 14.0. The fourth-order valence-electron chi connectivity index (χ4n) is 5.05. The molecule has 3 aliphatic rings. The van der Waals surface area contributed by atoms with Gasteiger partial charge in [-0.25, -0.2) is 4.79 Å². The molecule has 2 aromatic rings. The third-order valence-electron chi connectivity index (χ3n) is 6.96. The summed E-state index contributed by atoms with van der Waals surface area (Å²) in [6.07, 6.45) is 4.32. The molecule has 1 N–H and O–H groups in total. The number of hydrogen-bond donors (Lipinski definition) is 1. The van der Waals surface area contributed by atoms with Gasteiger partial charge >= 0.3 is 5.97 Å². The van der Waals surface area contributed by atoms with Crippen molar-refractivity contribution in [2.45, 2.75) is 44.7 Å². The summed E-state index contributed by atoms with van der Waals surface area (Å²) < 4.78 is 0. The van der Waals surface area contributed by atoms with Crippen LogP contribution in [0.5, 0.6) is 0 Å². The van der Waals surface area contributed by atoms with Crippen molar-refractivity contribution >= 4 is 22.8 Å². The molecule has 3 fully saturated rings. The number of carboxylic acid groups (broad SMARTS) is 1. The number of likely N-dealkylation sites (tertiary alicyclic amines) is 2. The van der Waals surface area contributed by atoms with Crippen molar-refractivity contribution in [3.8, 4) is 0 Å². The van der Waals surface area contributed by atoms with Crippen LogP contribution in [0, 0.1) is 11.3 Å². The van der Waals surface area contributed by atoms with Crippen LogP contribution < -0.4 is 0 Å². The van der Waals surface area contributed by atoms with E-state index in [9.17, 15) is 14.7 Å². The number of hydrogen-bond acceptors (Lipinski definition) is 4. The number of aliphatic carboxylic acids is 1. The molecule has 1 saturated carbocycles. The fraction of sp³-hybridized carbons (Fsp3) is 0.522. The summed E-state index contributed by atoms with van der Waals surface area (Å²) in [5.41, 5.74) is 2.05.